The Kier molecular flexibility index (Phi) is 6.91. The molecule has 0 aliphatic carbocycles. The highest BCUT2D eigenvalue weighted by molar-refractivity contribution is 7.38. The van der Waals surface area contributed by atoms with Gasteiger partial charge in [0.2, 0.25) is 0 Å². The van der Waals surface area contributed by atoms with E-state index >= 15 is 0 Å². The number of rotatable bonds is 2. The van der Waals surface area contributed by atoms with Crippen molar-refractivity contribution < 1.29 is 0 Å². The zero-order valence-electron chi connectivity index (χ0n) is 9.32. The van der Waals surface area contributed by atoms with Gasteiger partial charge in [-0.25, -0.2) is 0 Å². The molecule has 0 rings (SSSR count). The standard InChI is InChI=1S/C10H23P.ClH/c1-9(2,3)7-11-8-10(4,5)6;/h11H,7-8H2,1-6H3;1H. The van der Waals surface area contributed by atoms with E-state index in [1.807, 2.05) is 0 Å². The molecule has 76 valence electrons. The van der Waals surface area contributed by atoms with E-state index in [1.165, 1.54) is 12.3 Å². The molecule has 0 atom stereocenters. The van der Waals surface area contributed by atoms with Crippen molar-refractivity contribution in [1.29, 1.82) is 0 Å². The van der Waals surface area contributed by atoms with Crippen LogP contribution in [0.25, 0.3) is 0 Å². The van der Waals surface area contributed by atoms with Gasteiger partial charge in [0.05, 0.1) is 0 Å². The van der Waals surface area contributed by atoms with Gasteiger partial charge in [0.15, 0.2) is 0 Å². The van der Waals surface area contributed by atoms with E-state index in [9.17, 15) is 0 Å². The summed E-state index contributed by atoms with van der Waals surface area (Å²) in [5.74, 6) is 0. The Morgan fingerprint density at radius 3 is 1.17 bits per heavy atom. The Morgan fingerprint density at radius 1 is 0.750 bits per heavy atom. The molecule has 0 aliphatic heterocycles. The highest BCUT2D eigenvalue weighted by atomic mass is 35.5. The van der Waals surface area contributed by atoms with Gasteiger partial charge in [-0.2, -0.15) is 0 Å². The monoisotopic (exact) mass is 210 g/mol. The lowest BCUT2D eigenvalue weighted by molar-refractivity contribution is 0.462. The van der Waals surface area contributed by atoms with Gasteiger partial charge in [-0.3, -0.25) is 0 Å². The molecule has 0 saturated carbocycles. The number of hydrogen-bond donors (Lipinski definition) is 0. The molecule has 0 spiro atoms. The summed E-state index contributed by atoms with van der Waals surface area (Å²) in [5.41, 5.74) is 1.06. The molecule has 0 aromatic heterocycles. The van der Waals surface area contributed by atoms with Crippen molar-refractivity contribution in [3.05, 3.63) is 0 Å². The average molecular weight is 211 g/mol. The molecule has 0 unspecified atom stereocenters. The lowest BCUT2D eigenvalue weighted by atomic mass is 10.0. The van der Waals surface area contributed by atoms with Crippen LogP contribution < -0.4 is 0 Å². The smallest absolute Gasteiger partial charge is 0.0304 e. The van der Waals surface area contributed by atoms with Crippen molar-refractivity contribution >= 4 is 21.0 Å². The quantitative estimate of drug-likeness (QED) is 0.600. The molecule has 0 bridgehead atoms. The van der Waals surface area contributed by atoms with Crippen molar-refractivity contribution in [2.24, 2.45) is 10.8 Å². The summed E-state index contributed by atoms with van der Waals surface area (Å²) in [5, 5.41) is 0. The lowest BCUT2D eigenvalue weighted by Crippen LogP contribution is -2.12. The summed E-state index contributed by atoms with van der Waals surface area (Å²) < 4.78 is 0. The van der Waals surface area contributed by atoms with Gasteiger partial charge < -0.3 is 0 Å². The lowest BCUT2D eigenvalue weighted by Gasteiger charge is -2.22. The average Bonchev–Trinajstić information content (AvgIpc) is 1.55. The first-order chi connectivity index (χ1) is 4.71. The van der Waals surface area contributed by atoms with Crippen molar-refractivity contribution in [1.82, 2.24) is 0 Å². The predicted octanol–water partition coefficient (Wildman–Crippen LogP) is 4.18. The molecule has 0 aromatic carbocycles. The SMILES string of the molecule is CC(C)(C)CPCC(C)(C)C.Cl. The fraction of sp³-hybridized carbons (Fsp3) is 1.00. The maximum atomic E-state index is 2.32. The zero-order valence-corrected chi connectivity index (χ0v) is 11.1. The Balaban J connectivity index is 0. The topological polar surface area (TPSA) is 0 Å². The molecule has 0 aromatic rings. The van der Waals surface area contributed by atoms with Crippen LogP contribution in [0.4, 0.5) is 0 Å². The molecule has 12 heavy (non-hydrogen) atoms. The van der Waals surface area contributed by atoms with E-state index in [-0.39, 0.29) is 12.4 Å². The van der Waals surface area contributed by atoms with E-state index in [1.54, 1.807) is 0 Å². The molecule has 0 nitrogen and oxygen atoms in total. The maximum Gasteiger partial charge on any atom is -0.0304 e. The molecule has 0 N–H and O–H groups in total. The fourth-order valence-corrected chi connectivity index (χ4v) is 2.44. The van der Waals surface area contributed by atoms with E-state index in [2.05, 4.69) is 41.5 Å². The second-order valence-corrected chi connectivity index (χ2v) is 6.93. The van der Waals surface area contributed by atoms with E-state index in [0.29, 0.717) is 10.8 Å². The van der Waals surface area contributed by atoms with Crippen molar-refractivity contribution in [3.8, 4) is 0 Å². The first kappa shape index (κ1) is 15.2. The third kappa shape index (κ3) is 13.3. The van der Waals surface area contributed by atoms with Crippen LogP contribution in [0.2, 0.25) is 0 Å². The van der Waals surface area contributed by atoms with Crippen molar-refractivity contribution in [2.75, 3.05) is 12.3 Å². The second-order valence-electron chi connectivity index (χ2n) is 5.72. The van der Waals surface area contributed by atoms with Crippen LogP contribution in [-0.4, -0.2) is 12.3 Å². The first-order valence-corrected chi connectivity index (χ1v) is 5.83. The molecule has 0 saturated heterocycles. The molecule has 0 aliphatic rings. The van der Waals surface area contributed by atoms with Crippen LogP contribution in [0.15, 0.2) is 0 Å². The van der Waals surface area contributed by atoms with Gasteiger partial charge in [-0.15, -0.1) is 21.0 Å². The predicted molar refractivity (Wildman–Crippen MR) is 64.2 cm³/mol. The normalized spacial score (nSPS) is 12.5. The summed E-state index contributed by atoms with van der Waals surface area (Å²) in [4.78, 5) is 0. The summed E-state index contributed by atoms with van der Waals surface area (Å²) >= 11 is 0. The third-order valence-electron chi connectivity index (χ3n) is 1.31. The van der Waals surface area contributed by atoms with E-state index in [4.69, 9.17) is 0 Å². The van der Waals surface area contributed by atoms with Gasteiger partial charge in [0.1, 0.15) is 0 Å². The van der Waals surface area contributed by atoms with Gasteiger partial charge in [-0.05, 0) is 23.2 Å². The molecule has 0 fully saturated rings. The maximum absolute atomic E-state index is 2.32. The summed E-state index contributed by atoms with van der Waals surface area (Å²) in [7, 11) is 1.14. The first-order valence-electron chi connectivity index (χ1n) is 4.41. The van der Waals surface area contributed by atoms with Crippen LogP contribution >= 0.6 is 21.0 Å². The van der Waals surface area contributed by atoms with Crippen LogP contribution in [0, 0.1) is 10.8 Å². The molecule has 2 heteroatoms. The summed E-state index contributed by atoms with van der Waals surface area (Å²) in [6.07, 6.45) is 2.76. The third-order valence-corrected chi connectivity index (χ3v) is 3.93. The van der Waals surface area contributed by atoms with Gasteiger partial charge >= 0.3 is 0 Å². The van der Waals surface area contributed by atoms with Gasteiger partial charge in [0.25, 0.3) is 0 Å². The Morgan fingerprint density at radius 2 is 1.00 bits per heavy atom. The fourth-order valence-electron chi connectivity index (χ4n) is 0.812. The van der Waals surface area contributed by atoms with E-state index < -0.39 is 0 Å². The molecule has 0 radical (unpaired) electrons. The Labute approximate surface area is 86.1 Å². The minimum absolute atomic E-state index is 0. The highest BCUT2D eigenvalue weighted by Crippen LogP contribution is 2.30. The van der Waals surface area contributed by atoms with Crippen molar-refractivity contribution in [3.63, 3.8) is 0 Å². The Bertz CT molecular complexity index is 94.0. The molecule has 0 amide bonds. The largest absolute Gasteiger partial charge is 0.147 e. The van der Waals surface area contributed by atoms with Crippen LogP contribution in [0.3, 0.4) is 0 Å². The second kappa shape index (κ2) is 5.45. The molecular formula is C10H24ClP. The van der Waals surface area contributed by atoms with Gasteiger partial charge in [-0.1, -0.05) is 41.5 Å². The summed E-state index contributed by atoms with van der Waals surface area (Å²) in [6.45, 7) is 13.9. The van der Waals surface area contributed by atoms with E-state index in [0.717, 1.165) is 8.58 Å². The minimum Gasteiger partial charge on any atom is -0.147 e. The molecule has 0 heterocycles. The van der Waals surface area contributed by atoms with Crippen molar-refractivity contribution in [2.45, 2.75) is 41.5 Å². The van der Waals surface area contributed by atoms with Crippen LogP contribution in [0.5, 0.6) is 0 Å². The Hall–Kier alpha value is 0.720. The minimum atomic E-state index is 0. The zero-order chi connectivity index (χ0) is 9.12. The van der Waals surface area contributed by atoms with Crippen LogP contribution in [0.1, 0.15) is 41.5 Å². The summed E-state index contributed by atoms with van der Waals surface area (Å²) in [6, 6.07) is 0. The van der Waals surface area contributed by atoms with Crippen LogP contribution in [-0.2, 0) is 0 Å². The highest BCUT2D eigenvalue weighted by Gasteiger charge is 2.13. The van der Waals surface area contributed by atoms with Gasteiger partial charge in [0, 0.05) is 0 Å². The molecular weight excluding hydrogens is 187 g/mol. The number of halogens is 1. The number of hydrogen-bond acceptors (Lipinski definition) is 0.